The highest BCUT2D eigenvalue weighted by atomic mass is 32.1. The van der Waals surface area contributed by atoms with Crippen molar-refractivity contribution in [2.75, 3.05) is 5.32 Å². The highest BCUT2D eigenvalue weighted by molar-refractivity contribution is 7.22. The first-order valence-electron chi connectivity index (χ1n) is 9.50. The summed E-state index contributed by atoms with van der Waals surface area (Å²) in [5, 5.41) is 14.9. The normalized spacial score (nSPS) is 11.0. The van der Waals surface area contributed by atoms with E-state index in [9.17, 15) is 14.4 Å². The maximum Gasteiger partial charge on any atom is 0.150 e. The first kappa shape index (κ1) is 19.0. The number of carbonyl (C=O) groups excluding carboxylic acids is 1. The third-order valence-corrected chi connectivity index (χ3v) is 6.41. The smallest absolute Gasteiger partial charge is 0.150 e. The minimum Gasteiger partial charge on any atom is -0.361 e. The lowest BCUT2D eigenvalue weighted by molar-refractivity contribution is 0.112. The minimum atomic E-state index is -0.416. The van der Waals surface area contributed by atoms with Crippen molar-refractivity contribution in [1.82, 2.24) is 9.97 Å². The van der Waals surface area contributed by atoms with Gasteiger partial charge in [0.2, 0.25) is 0 Å². The van der Waals surface area contributed by atoms with Crippen molar-refractivity contribution in [3.05, 3.63) is 77.4 Å². The number of aromatic nitrogens is 2. The monoisotopic (exact) mass is 426 g/mol. The minimum absolute atomic E-state index is 0.335. The van der Waals surface area contributed by atoms with E-state index in [0.717, 1.165) is 27.5 Å². The summed E-state index contributed by atoms with van der Waals surface area (Å²) in [6.07, 6.45) is 4.10. The Hall–Kier alpha value is -4.02. The van der Waals surface area contributed by atoms with E-state index in [1.54, 1.807) is 0 Å². The van der Waals surface area contributed by atoms with E-state index in [2.05, 4.69) is 21.4 Å². The molecule has 5 nitrogen and oxygen atoms in total. The van der Waals surface area contributed by atoms with Gasteiger partial charge in [0.25, 0.3) is 0 Å². The van der Waals surface area contributed by atoms with Crippen molar-refractivity contribution < 1.29 is 9.18 Å². The lowest BCUT2D eigenvalue weighted by Gasteiger charge is -2.12. The lowest BCUT2D eigenvalue weighted by atomic mass is 10.1. The van der Waals surface area contributed by atoms with Gasteiger partial charge in [-0.2, -0.15) is 5.26 Å². The van der Waals surface area contributed by atoms with Gasteiger partial charge in [-0.05, 0) is 55.0 Å². The zero-order valence-corrected chi connectivity index (χ0v) is 17.2. The maximum atomic E-state index is 14.5. The summed E-state index contributed by atoms with van der Waals surface area (Å²) >= 11 is 1.31. The molecule has 0 spiro atoms. The Labute approximate surface area is 180 Å². The Kier molecular flexibility index (Phi) is 4.50. The predicted molar refractivity (Wildman–Crippen MR) is 121 cm³/mol. The molecule has 2 N–H and O–H groups in total. The van der Waals surface area contributed by atoms with Crippen LogP contribution in [0.1, 0.15) is 21.5 Å². The van der Waals surface area contributed by atoms with Gasteiger partial charge in [-0.25, -0.2) is 9.37 Å². The third-order valence-electron chi connectivity index (χ3n) is 5.34. The molecule has 150 valence electrons. The topological polar surface area (TPSA) is 81.6 Å². The first-order chi connectivity index (χ1) is 15.1. The summed E-state index contributed by atoms with van der Waals surface area (Å²) in [5.41, 5.74) is 4.71. The van der Waals surface area contributed by atoms with Crippen LogP contribution in [-0.2, 0) is 0 Å². The van der Waals surface area contributed by atoms with Gasteiger partial charge in [-0.1, -0.05) is 0 Å². The number of pyridine rings is 1. The fourth-order valence-corrected chi connectivity index (χ4v) is 4.73. The van der Waals surface area contributed by atoms with Crippen LogP contribution >= 0.6 is 11.3 Å². The average Bonchev–Trinajstić information content (AvgIpc) is 3.43. The summed E-state index contributed by atoms with van der Waals surface area (Å²) in [6, 6.07) is 14.2. The van der Waals surface area contributed by atoms with Crippen molar-refractivity contribution in [2.45, 2.75) is 6.92 Å². The Balaban J connectivity index is 1.68. The molecule has 3 aromatic heterocycles. The highest BCUT2D eigenvalue weighted by Gasteiger charge is 2.17. The summed E-state index contributed by atoms with van der Waals surface area (Å²) < 4.78 is 14.5. The molecule has 31 heavy (non-hydrogen) atoms. The molecule has 0 aliphatic heterocycles. The zero-order valence-electron chi connectivity index (χ0n) is 16.4. The van der Waals surface area contributed by atoms with E-state index in [0.29, 0.717) is 38.4 Å². The Morgan fingerprint density at radius 1 is 1.19 bits per heavy atom. The Morgan fingerprint density at radius 3 is 2.87 bits per heavy atom. The molecule has 0 fully saturated rings. The molecule has 0 aliphatic carbocycles. The largest absolute Gasteiger partial charge is 0.361 e. The second-order valence-electron chi connectivity index (χ2n) is 7.15. The molecule has 2 aromatic carbocycles. The summed E-state index contributed by atoms with van der Waals surface area (Å²) in [4.78, 5) is 20.0. The van der Waals surface area contributed by atoms with Gasteiger partial charge < -0.3 is 10.3 Å². The molecule has 0 atom stereocenters. The molecule has 5 rings (SSSR count). The van der Waals surface area contributed by atoms with E-state index >= 15 is 0 Å². The number of nitrogens with one attached hydrogen (secondary N) is 2. The van der Waals surface area contributed by atoms with Crippen LogP contribution in [0.25, 0.3) is 31.6 Å². The average molecular weight is 426 g/mol. The van der Waals surface area contributed by atoms with Gasteiger partial charge in [-0.3, -0.25) is 4.79 Å². The summed E-state index contributed by atoms with van der Waals surface area (Å²) in [5.74, 6) is -0.416. The Bertz CT molecular complexity index is 1530. The van der Waals surface area contributed by atoms with E-state index < -0.39 is 5.82 Å². The van der Waals surface area contributed by atoms with Crippen LogP contribution in [0.15, 0.2) is 54.9 Å². The molecule has 0 saturated carbocycles. The number of thiophene rings is 1. The van der Waals surface area contributed by atoms with Gasteiger partial charge in [0.05, 0.1) is 11.3 Å². The summed E-state index contributed by atoms with van der Waals surface area (Å²) in [6.45, 7) is 2.02. The molecule has 0 bridgehead atoms. The first-order valence-corrected chi connectivity index (χ1v) is 10.3. The number of hydrogen-bond donors (Lipinski definition) is 2. The number of carbonyl (C=O) groups is 1. The molecule has 0 unspecified atom stereocenters. The maximum absolute atomic E-state index is 14.5. The van der Waals surface area contributed by atoms with Crippen molar-refractivity contribution >= 4 is 50.1 Å². The van der Waals surface area contributed by atoms with Crippen molar-refractivity contribution in [3.63, 3.8) is 0 Å². The number of nitrogens with zero attached hydrogens (tertiary/aromatic N) is 2. The number of aryl methyl sites for hydroxylation is 1. The van der Waals surface area contributed by atoms with E-state index in [-0.39, 0.29) is 0 Å². The molecule has 3 heterocycles. The Morgan fingerprint density at radius 2 is 2.06 bits per heavy atom. The van der Waals surface area contributed by atoms with E-state index in [4.69, 9.17) is 0 Å². The van der Waals surface area contributed by atoms with Crippen LogP contribution in [0.3, 0.4) is 0 Å². The second-order valence-corrected chi connectivity index (χ2v) is 8.18. The number of hydrogen-bond acceptors (Lipinski definition) is 5. The third kappa shape index (κ3) is 3.14. The molecule has 0 amide bonds. The van der Waals surface area contributed by atoms with E-state index in [1.165, 1.54) is 35.7 Å². The fourth-order valence-electron chi connectivity index (χ4n) is 3.70. The zero-order chi connectivity index (χ0) is 21.5. The molecular weight excluding hydrogens is 411 g/mol. The number of H-pyrrole nitrogens is 1. The van der Waals surface area contributed by atoms with Crippen molar-refractivity contribution in [1.29, 1.82) is 5.26 Å². The predicted octanol–water partition coefficient (Wildman–Crippen LogP) is 6.32. The lowest BCUT2D eigenvalue weighted by Crippen LogP contribution is -1.97. The van der Waals surface area contributed by atoms with Gasteiger partial charge >= 0.3 is 0 Å². The van der Waals surface area contributed by atoms with Gasteiger partial charge in [0.1, 0.15) is 23.0 Å². The number of nitriles is 1. The quantitative estimate of drug-likeness (QED) is 0.330. The molecule has 5 aromatic rings. The molecular formula is C24H15FN4OS. The number of anilines is 2. The number of rotatable bonds is 4. The summed E-state index contributed by atoms with van der Waals surface area (Å²) in [7, 11) is 0. The van der Waals surface area contributed by atoms with Crippen LogP contribution in [0, 0.1) is 24.1 Å². The fraction of sp³-hybridized carbons (Fsp3) is 0.0417. The van der Waals surface area contributed by atoms with Gasteiger partial charge in [0, 0.05) is 50.4 Å². The number of aromatic amines is 1. The molecule has 7 heteroatoms. The number of benzene rings is 2. The SMILES string of the molecule is Cc1c(Nc2c(C#N)cnc3sc(-c4cc(C=O)ccc4F)cc23)ccc2[nH]ccc12. The molecule has 0 saturated heterocycles. The molecule has 0 aliphatic rings. The van der Waals surface area contributed by atoms with Crippen LogP contribution in [0.4, 0.5) is 15.8 Å². The van der Waals surface area contributed by atoms with Crippen molar-refractivity contribution in [3.8, 4) is 16.5 Å². The molecule has 0 radical (unpaired) electrons. The van der Waals surface area contributed by atoms with E-state index in [1.807, 2.05) is 37.4 Å². The van der Waals surface area contributed by atoms with Crippen molar-refractivity contribution in [2.24, 2.45) is 0 Å². The highest BCUT2D eigenvalue weighted by Crippen LogP contribution is 2.40. The van der Waals surface area contributed by atoms with Gasteiger partial charge in [0.15, 0.2) is 0 Å². The van der Waals surface area contributed by atoms with Gasteiger partial charge in [-0.15, -0.1) is 11.3 Å². The standard InChI is InChI=1S/C24H15FN4OS/c1-13-16-6-7-27-21(16)5-4-20(13)29-23-15(10-26)11-28-24-18(23)9-22(31-24)17-8-14(12-30)2-3-19(17)25/h2-9,11-12,27H,1H3,(H,28,29). The number of fused-ring (bicyclic) bond motifs is 2. The number of halogens is 1. The van der Waals surface area contributed by atoms with Crippen LogP contribution in [0.5, 0.6) is 0 Å². The van der Waals surface area contributed by atoms with Crippen LogP contribution < -0.4 is 5.32 Å². The van der Waals surface area contributed by atoms with Crippen LogP contribution in [-0.4, -0.2) is 16.3 Å². The van der Waals surface area contributed by atoms with Crippen LogP contribution in [0.2, 0.25) is 0 Å². The number of aldehydes is 1. The second kappa shape index (κ2) is 7.35.